The van der Waals surface area contributed by atoms with E-state index >= 15 is 0 Å². The highest BCUT2D eigenvalue weighted by Crippen LogP contribution is 2.32. The number of epoxide rings is 1. The van der Waals surface area contributed by atoms with Crippen LogP contribution in [-0.4, -0.2) is 17.6 Å². The Balaban J connectivity index is 0.000000167. The lowest BCUT2D eigenvalue weighted by atomic mass is 10.1. The molecule has 2 atom stereocenters. The Labute approximate surface area is 135 Å². The molecule has 1 heterocycles. The molecule has 2 aromatic carbocycles. The molecule has 2 aromatic rings. The molecule has 7 heteroatoms. The zero-order valence-electron chi connectivity index (χ0n) is 11.8. The highest BCUT2D eigenvalue weighted by atomic mass is 35.5. The monoisotopic (exact) mass is 348 g/mol. The van der Waals surface area contributed by atoms with Gasteiger partial charge in [-0.05, 0) is 12.1 Å². The molecule has 1 aliphatic rings. The molecule has 23 heavy (non-hydrogen) atoms. The van der Waals surface area contributed by atoms with Gasteiger partial charge >= 0.3 is 0 Å². The molecule has 3 rings (SSSR count). The largest absolute Gasteiger partial charge is 0.387 e. The highest BCUT2D eigenvalue weighted by molar-refractivity contribution is 6.18. The Bertz CT molecular complexity index is 677. The first-order valence-corrected chi connectivity index (χ1v) is 7.22. The SMILES string of the molecule is Fc1cccc([C@@H]2CO2)c1F.O[C@@H](CCl)c1cccc(F)c1F. The van der Waals surface area contributed by atoms with Gasteiger partial charge in [0.15, 0.2) is 23.3 Å². The summed E-state index contributed by atoms with van der Waals surface area (Å²) >= 11 is 5.27. The summed E-state index contributed by atoms with van der Waals surface area (Å²) in [6.45, 7) is 0.500. The van der Waals surface area contributed by atoms with E-state index in [1.165, 1.54) is 24.3 Å². The topological polar surface area (TPSA) is 32.8 Å². The van der Waals surface area contributed by atoms with Gasteiger partial charge in [0.05, 0.1) is 18.6 Å². The minimum absolute atomic E-state index is 0.106. The minimum Gasteiger partial charge on any atom is -0.387 e. The quantitative estimate of drug-likeness (QED) is 0.510. The Morgan fingerprint density at radius 2 is 1.61 bits per heavy atom. The van der Waals surface area contributed by atoms with Crippen molar-refractivity contribution in [1.29, 1.82) is 0 Å². The van der Waals surface area contributed by atoms with Gasteiger partial charge in [0.2, 0.25) is 0 Å². The first kappa shape index (κ1) is 17.7. The van der Waals surface area contributed by atoms with Crippen molar-refractivity contribution in [1.82, 2.24) is 0 Å². The number of alkyl halides is 1. The van der Waals surface area contributed by atoms with Crippen molar-refractivity contribution in [2.24, 2.45) is 0 Å². The van der Waals surface area contributed by atoms with E-state index in [-0.39, 0.29) is 17.5 Å². The van der Waals surface area contributed by atoms with Crippen LogP contribution in [0, 0.1) is 23.3 Å². The smallest absolute Gasteiger partial charge is 0.164 e. The van der Waals surface area contributed by atoms with E-state index in [9.17, 15) is 17.6 Å². The number of hydrogen-bond donors (Lipinski definition) is 1. The molecule has 2 nitrogen and oxygen atoms in total. The van der Waals surface area contributed by atoms with Crippen LogP contribution in [0.15, 0.2) is 36.4 Å². The van der Waals surface area contributed by atoms with Crippen LogP contribution in [0.4, 0.5) is 17.6 Å². The fourth-order valence-electron chi connectivity index (χ4n) is 1.86. The standard InChI is InChI=1S/C8H7ClF2O.C8H6F2O/c9-4-7(12)5-2-1-3-6(10)8(5)11;9-6-3-1-2-5(8(6)10)7-4-11-7/h1-3,7,12H,4H2;1-3,7H,4H2/t2*7-/m00/s1. The molecule has 0 bridgehead atoms. The van der Waals surface area contributed by atoms with Gasteiger partial charge in [0, 0.05) is 11.1 Å². The number of aliphatic hydroxyl groups excluding tert-OH is 1. The van der Waals surface area contributed by atoms with Crippen LogP contribution in [0.3, 0.4) is 0 Å². The summed E-state index contributed by atoms with van der Waals surface area (Å²) in [6.07, 6.45) is -1.37. The van der Waals surface area contributed by atoms with Crippen LogP contribution in [0.2, 0.25) is 0 Å². The van der Waals surface area contributed by atoms with Gasteiger partial charge in [-0.3, -0.25) is 0 Å². The fraction of sp³-hybridized carbons (Fsp3) is 0.250. The molecule has 0 saturated carbocycles. The van der Waals surface area contributed by atoms with Gasteiger partial charge in [-0.25, -0.2) is 17.6 Å². The number of halogens is 5. The van der Waals surface area contributed by atoms with E-state index in [4.69, 9.17) is 21.4 Å². The summed E-state index contributed by atoms with van der Waals surface area (Å²) in [6, 6.07) is 7.72. The van der Waals surface area contributed by atoms with Gasteiger partial charge in [-0.2, -0.15) is 0 Å². The van der Waals surface area contributed by atoms with E-state index in [0.717, 1.165) is 12.1 Å². The summed E-state index contributed by atoms with van der Waals surface area (Å²) in [5, 5.41) is 9.10. The Kier molecular flexibility index (Phi) is 5.98. The lowest BCUT2D eigenvalue weighted by Crippen LogP contribution is -2.03. The third kappa shape index (κ3) is 4.43. The lowest BCUT2D eigenvalue weighted by Gasteiger charge is -2.07. The van der Waals surface area contributed by atoms with Crippen molar-refractivity contribution >= 4 is 11.6 Å². The van der Waals surface area contributed by atoms with Gasteiger partial charge in [-0.15, -0.1) is 11.6 Å². The molecule has 1 fully saturated rings. The number of hydrogen-bond acceptors (Lipinski definition) is 2. The van der Waals surface area contributed by atoms with Crippen molar-refractivity contribution in [3.63, 3.8) is 0 Å². The lowest BCUT2D eigenvalue weighted by molar-refractivity contribution is 0.196. The molecule has 1 N–H and O–H groups in total. The number of aliphatic hydroxyl groups is 1. The van der Waals surface area contributed by atoms with Crippen LogP contribution in [0.1, 0.15) is 23.3 Å². The van der Waals surface area contributed by atoms with Gasteiger partial charge in [-0.1, -0.05) is 24.3 Å². The van der Waals surface area contributed by atoms with Crippen LogP contribution < -0.4 is 0 Å². The van der Waals surface area contributed by atoms with E-state index in [1.54, 1.807) is 0 Å². The second-order valence-electron chi connectivity index (χ2n) is 4.78. The molecule has 0 radical (unpaired) electrons. The second kappa shape index (κ2) is 7.77. The predicted octanol–water partition coefficient (Wildman–Crippen LogP) is 4.27. The summed E-state index contributed by atoms with van der Waals surface area (Å²) in [5.74, 6) is -3.75. The number of ether oxygens (including phenoxy) is 1. The van der Waals surface area contributed by atoms with Gasteiger partial charge in [0.1, 0.15) is 6.10 Å². The Morgan fingerprint density at radius 1 is 1.04 bits per heavy atom. The highest BCUT2D eigenvalue weighted by Gasteiger charge is 2.28. The van der Waals surface area contributed by atoms with E-state index in [0.29, 0.717) is 12.2 Å². The normalized spacial score (nSPS) is 17.2. The van der Waals surface area contributed by atoms with Crippen LogP contribution >= 0.6 is 11.6 Å². The zero-order valence-corrected chi connectivity index (χ0v) is 12.5. The molecule has 0 unspecified atom stereocenters. The van der Waals surface area contributed by atoms with Gasteiger partial charge in [0.25, 0.3) is 0 Å². The van der Waals surface area contributed by atoms with Gasteiger partial charge < -0.3 is 9.84 Å². The maximum Gasteiger partial charge on any atom is 0.164 e. The van der Waals surface area contributed by atoms with E-state index < -0.39 is 29.4 Å². The maximum atomic E-state index is 12.8. The summed E-state index contributed by atoms with van der Waals surface area (Å²) in [4.78, 5) is 0. The Hall–Kier alpha value is -1.63. The zero-order chi connectivity index (χ0) is 17.0. The summed E-state index contributed by atoms with van der Waals surface area (Å²) in [7, 11) is 0. The summed E-state index contributed by atoms with van der Waals surface area (Å²) < 4.78 is 55.6. The molecule has 1 aliphatic heterocycles. The molecule has 0 aliphatic carbocycles. The Morgan fingerprint density at radius 3 is 2.17 bits per heavy atom. The van der Waals surface area contributed by atoms with Crippen molar-refractivity contribution in [2.45, 2.75) is 12.2 Å². The first-order chi connectivity index (χ1) is 11.0. The number of rotatable bonds is 3. The van der Waals surface area contributed by atoms with E-state index in [1.807, 2.05) is 0 Å². The molecule has 124 valence electrons. The van der Waals surface area contributed by atoms with Crippen molar-refractivity contribution in [3.8, 4) is 0 Å². The van der Waals surface area contributed by atoms with Crippen molar-refractivity contribution < 1.29 is 27.4 Å². The fourth-order valence-corrected chi connectivity index (χ4v) is 2.02. The average Bonchev–Trinajstić information content (AvgIpc) is 3.37. The second-order valence-corrected chi connectivity index (χ2v) is 5.09. The summed E-state index contributed by atoms with van der Waals surface area (Å²) in [5.41, 5.74) is 0.218. The minimum atomic E-state index is -1.15. The molecular weight excluding hydrogens is 336 g/mol. The first-order valence-electron chi connectivity index (χ1n) is 6.69. The average molecular weight is 349 g/mol. The predicted molar refractivity (Wildman–Crippen MR) is 77.1 cm³/mol. The third-order valence-corrected chi connectivity index (χ3v) is 3.44. The van der Waals surface area contributed by atoms with Crippen molar-refractivity contribution in [3.05, 3.63) is 70.8 Å². The molecule has 1 saturated heterocycles. The van der Waals surface area contributed by atoms with Crippen LogP contribution in [0.5, 0.6) is 0 Å². The van der Waals surface area contributed by atoms with Crippen LogP contribution in [-0.2, 0) is 4.74 Å². The molecule has 0 amide bonds. The molecular formula is C16H13ClF4O2. The van der Waals surface area contributed by atoms with Crippen molar-refractivity contribution in [2.75, 3.05) is 12.5 Å². The maximum absolute atomic E-state index is 12.8. The molecule has 0 aromatic heterocycles. The van der Waals surface area contributed by atoms with Crippen LogP contribution in [0.25, 0.3) is 0 Å². The third-order valence-electron chi connectivity index (χ3n) is 3.15. The van der Waals surface area contributed by atoms with E-state index in [2.05, 4.69) is 0 Å². The molecule has 0 spiro atoms. The number of benzene rings is 2.